The fourth-order valence-electron chi connectivity index (χ4n) is 1.83. The van der Waals surface area contributed by atoms with E-state index in [0.717, 1.165) is 18.8 Å². The van der Waals surface area contributed by atoms with Crippen molar-refractivity contribution in [2.45, 2.75) is 19.3 Å². The summed E-state index contributed by atoms with van der Waals surface area (Å²) >= 11 is 0. The molecule has 1 aliphatic rings. The molecule has 0 saturated carbocycles. The smallest absolute Gasteiger partial charge is 0.172 e. The lowest BCUT2D eigenvalue weighted by atomic mass is 10.3. The van der Waals surface area contributed by atoms with Crippen LogP contribution >= 0.6 is 0 Å². The number of hydrogen-bond donors (Lipinski definition) is 1. The first-order valence-corrected chi connectivity index (χ1v) is 5.53. The minimum absolute atomic E-state index is 0.153. The number of ether oxygens (including phenoxy) is 2. The van der Waals surface area contributed by atoms with Crippen LogP contribution in [0.25, 0.3) is 0 Å². The van der Waals surface area contributed by atoms with E-state index in [2.05, 4.69) is 10.4 Å². The quantitative estimate of drug-likeness (QED) is 0.844. The predicted molar refractivity (Wildman–Crippen MR) is 63.0 cm³/mol. The summed E-state index contributed by atoms with van der Waals surface area (Å²) in [4.78, 5) is 0. The Hall–Kier alpha value is -1.10. The fourth-order valence-corrected chi connectivity index (χ4v) is 1.83. The molecule has 1 aromatic rings. The fraction of sp³-hybridized carbons (Fsp3) is 0.500. The molecule has 0 amide bonds. The summed E-state index contributed by atoms with van der Waals surface area (Å²) in [6.07, 6.45) is 0.0230. The van der Waals surface area contributed by atoms with E-state index >= 15 is 0 Å². The number of rotatable bonds is 3. The van der Waals surface area contributed by atoms with Crippen molar-refractivity contribution in [3.05, 3.63) is 30.3 Å². The maximum Gasteiger partial charge on any atom is 0.172 e. The van der Waals surface area contributed by atoms with Gasteiger partial charge in [0, 0.05) is 19.3 Å². The van der Waals surface area contributed by atoms with Crippen LogP contribution in [0.4, 0.5) is 5.69 Å². The molecule has 1 N–H and O–H groups in total. The molecular formula is C12H18N2O2. The van der Waals surface area contributed by atoms with Gasteiger partial charge in [-0.25, -0.2) is 5.01 Å². The van der Waals surface area contributed by atoms with Gasteiger partial charge in [0.2, 0.25) is 0 Å². The van der Waals surface area contributed by atoms with Gasteiger partial charge >= 0.3 is 0 Å². The Bertz CT molecular complexity index is 318. The Labute approximate surface area is 96.1 Å². The van der Waals surface area contributed by atoms with Crippen LogP contribution < -0.4 is 5.43 Å². The van der Waals surface area contributed by atoms with Gasteiger partial charge in [-0.2, -0.15) is 0 Å². The van der Waals surface area contributed by atoms with Crippen LogP contribution in [0, 0.1) is 0 Å². The highest BCUT2D eigenvalue weighted by Crippen LogP contribution is 2.14. The second-order valence-corrected chi connectivity index (χ2v) is 3.99. The van der Waals surface area contributed by atoms with E-state index in [-0.39, 0.29) is 12.4 Å². The molecule has 4 heteroatoms. The standard InChI is InChI=1S/C12H18N2O2/c1-10-8-14(9-12(15-2)16-10)13-11-6-4-3-5-7-11/h3-7,10,12-13H,8-9H2,1-2H3. The Morgan fingerprint density at radius 3 is 2.75 bits per heavy atom. The summed E-state index contributed by atoms with van der Waals surface area (Å²) < 4.78 is 10.8. The highest BCUT2D eigenvalue weighted by Gasteiger charge is 2.24. The van der Waals surface area contributed by atoms with E-state index in [0.29, 0.717) is 0 Å². The van der Waals surface area contributed by atoms with Crippen molar-refractivity contribution in [2.24, 2.45) is 0 Å². The summed E-state index contributed by atoms with van der Waals surface area (Å²) in [5.74, 6) is 0. The highest BCUT2D eigenvalue weighted by molar-refractivity contribution is 5.41. The van der Waals surface area contributed by atoms with Crippen molar-refractivity contribution in [2.75, 3.05) is 25.6 Å². The lowest BCUT2D eigenvalue weighted by Gasteiger charge is -2.36. The number of nitrogens with one attached hydrogen (secondary N) is 1. The molecule has 1 heterocycles. The third kappa shape index (κ3) is 2.95. The summed E-state index contributed by atoms with van der Waals surface area (Å²) in [5.41, 5.74) is 4.44. The number of anilines is 1. The molecule has 0 aromatic heterocycles. The van der Waals surface area contributed by atoms with Crippen molar-refractivity contribution in [1.82, 2.24) is 5.01 Å². The number of para-hydroxylation sites is 1. The van der Waals surface area contributed by atoms with Crippen molar-refractivity contribution in [3.8, 4) is 0 Å². The van der Waals surface area contributed by atoms with Crippen LogP contribution in [0.3, 0.4) is 0 Å². The summed E-state index contributed by atoms with van der Waals surface area (Å²) in [6.45, 7) is 3.63. The first-order chi connectivity index (χ1) is 7.78. The van der Waals surface area contributed by atoms with Gasteiger partial charge in [-0.1, -0.05) is 18.2 Å². The van der Waals surface area contributed by atoms with Crippen LogP contribution in [0.15, 0.2) is 30.3 Å². The molecular weight excluding hydrogens is 204 g/mol. The van der Waals surface area contributed by atoms with E-state index in [9.17, 15) is 0 Å². The number of nitrogens with zero attached hydrogens (tertiary/aromatic N) is 1. The van der Waals surface area contributed by atoms with Gasteiger partial charge in [0.05, 0.1) is 12.6 Å². The summed E-state index contributed by atoms with van der Waals surface area (Å²) in [6, 6.07) is 10.1. The molecule has 4 nitrogen and oxygen atoms in total. The Morgan fingerprint density at radius 2 is 2.06 bits per heavy atom. The zero-order chi connectivity index (χ0) is 11.4. The normalized spacial score (nSPS) is 26.6. The molecule has 1 saturated heterocycles. The van der Waals surface area contributed by atoms with Gasteiger partial charge in [-0.15, -0.1) is 0 Å². The molecule has 0 aliphatic carbocycles. The molecule has 2 rings (SSSR count). The van der Waals surface area contributed by atoms with E-state index < -0.39 is 0 Å². The van der Waals surface area contributed by atoms with Gasteiger partial charge in [0.15, 0.2) is 6.29 Å². The SMILES string of the molecule is COC1CN(Nc2ccccc2)CC(C)O1. The van der Waals surface area contributed by atoms with Gasteiger partial charge in [0.25, 0.3) is 0 Å². The second-order valence-electron chi connectivity index (χ2n) is 3.99. The number of morpholine rings is 1. The van der Waals surface area contributed by atoms with Crippen LogP contribution in [0.1, 0.15) is 6.92 Å². The average Bonchev–Trinajstić information content (AvgIpc) is 2.29. The van der Waals surface area contributed by atoms with Crippen LogP contribution in [-0.4, -0.2) is 37.6 Å². The van der Waals surface area contributed by atoms with Crippen LogP contribution in [-0.2, 0) is 9.47 Å². The number of benzene rings is 1. The van der Waals surface area contributed by atoms with E-state index in [1.54, 1.807) is 7.11 Å². The Balaban J connectivity index is 1.94. The zero-order valence-corrected chi connectivity index (χ0v) is 9.72. The van der Waals surface area contributed by atoms with E-state index in [1.165, 1.54) is 0 Å². The van der Waals surface area contributed by atoms with Gasteiger partial charge in [-0.3, -0.25) is 0 Å². The van der Waals surface area contributed by atoms with Gasteiger partial charge < -0.3 is 14.9 Å². The molecule has 88 valence electrons. The lowest BCUT2D eigenvalue weighted by Crippen LogP contribution is -2.49. The van der Waals surface area contributed by atoms with Crippen molar-refractivity contribution in [3.63, 3.8) is 0 Å². The highest BCUT2D eigenvalue weighted by atomic mass is 16.7. The lowest BCUT2D eigenvalue weighted by molar-refractivity contribution is -0.189. The molecule has 0 radical (unpaired) electrons. The number of methoxy groups -OCH3 is 1. The molecule has 0 bridgehead atoms. The minimum atomic E-state index is -0.153. The topological polar surface area (TPSA) is 33.7 Å². The molecule has 1 aromatic carbocycles. The Morgan fingerprint density at radius 1 is 1.31 bits per heavy atom. The molecule has 16 heavy (non-hydrogen) atoms. The first-order valence-electron chi connectivity index (χ1n) is 5.53. The van der Waals surface area contributed by atoms with Gasteiger partial charge in [-0.05, 0) is 19.1 Å². The maximum atomic E-state index is 5.60. The first kappa shape index (κ1) is 11.4. The molecule has 1 aliphatic heterocycles. The van der Waals surface area contributed by atoms with E-state index in [1.807, 2.05) is 37.3 Å². The molecule has 2 atom stereocenters. The zero-order valence-electron chi connectivity index (χ0n) is 9.72. The van der Waals surface area contributed by atoms with Crippen molar-refractivity contribution in [1.29, 1.82) is 0 Å². The van der Waals surface area contributed by atoms with Gasteiger partial charge in [0.1, 0.15) is 0 Å². The molecule has 2 unspecified atom stereocenters. The minimum Gasteiger partial charge on any atom is -0.354 e. The predicted octanol–water partition coefficient (Wildman–Crippen LogP) is 1.71. The van der Waals surface area contributed by atoms with Crippen LogP contribution in [0.2, 0.25) is 0 Å². The van der Waals surface area contributed by atoms with Crippen molar-refractivity contribution < 1.29 is 9.47 Å². The molecule has 0 spiro atoms. The number of hydrazine groups is 1. The van der Waals surface area contributed by atoms with E-state index in [4.69, 9.17) is 9.47 Å². The average molecular weight is 222 g/mol. The Kier molecular flexibility index (Phi) is 3.77. The number of hydrogen-bond acceptors (Lipinski definition) is 4. The maximum absolute atomic E-state index is 5.60. The second kappa shape index (κ2) is 5.30. The third-order valence-corrected chi connectivity index (χ3v) is 2.55. The molecule has 1 fully saturated rings. The van der Waals surface area contributed by atoms with Crippen LogP contribution in [0.5, 0.6) is 0 Å². The third-order valence-electron chi connectivity index (χ3n) is 2.55. The monoisotopic (exact) mass is 222 g/mol. The summed E-state index contributed by atoms with van der Waals surface area (Å²) in [7, 11) is 1.67. The largest absolute Gasteiger partial charge is 0.354 e. The van der Waals surface area contributed by atoms with Crippen molar-refractivity contribution >= 4 is 5.69 Å². The summed E-state index contributed by atoms with van der Waals surface area (Å²) in [5, 5.41) is 2.12.